The van der Waals surface area contributed by atoms with E-state index in [4.69, 9.17) is 9.47 Å². The van der Waals surface area contributed by atoms with Gasteiger partial charge in [0.15, 0.2) is 0 Å². The Hall–Kier alpha value is 0.517. The minimum absolute atomic E-state index is 0. The van der Waals surface area contributed by atoms with Gasteiger partial charge in [0, 0.05) is 6.61 Å². The number of ether oxygens (including phenoxy) is 2. The average molecular weight is 138 g/mol. The Morgan fingerprint density at radius 3 is 2.40 bits per heavy atom. The van der Waals surface area contributed by atoms with E-state index in [-0.39, 0.29) is 25.2 Å². The van der Waals surface area contributed by atoms with Gasteiger partial charge in [-0.05, 0) is 13.8 Å². The molecule has 0 aromatic heterocycles. The first-order valence-electron chi connectivity index (χ1n) is 3.40. The van der Waals surface area contributed by atoms with Crippen LogP contribution < -0.4 is 18.9 Å². The number of hydrogen-bond acceptors (Lipinski definition) is 2. The van der Waals surface area contributed by atoms with E-state index in [9.17, 15) is 0 Å². The molecular weight excluding hydrogens is 123 g/mol. The fourth-order valence-electron chi connectivity index (χ4n) is 0.506. The minimum atomic E-state index is -0.0880. The third-order valence-electron chi connectivity index (χ3n) is 0.856. The van der Waals surface area contributed by atoms with Crippen molar-refractivity contribution in [2.24, 2.45) is 0 Å². The van der Waals surface area contributed by atoms with Crippen molar-refractivity contribution in [3.63, 3.8) is 0 Å². The summed E-state index contributed by atoms with van der Waals surface area (Å²) in [6.45, 7) is 8.32. The Balaban J connectivity index is 0. The van der Waals surface area contributed by atoms with Gasteiger partial charge in [-0.2, -0.15) is 6.42 Å². The molecule has 0 heterocycles. The summed E-state index contributed by atoms with van der Waals surface area (Å²) < 4.78 is 10.2. The zero-order valence-electron chi connectivity index (χ0n) is 7.39. The van der Waals surface area contributed by atoms with Crippen LogP contribution in [-0.2, 0) is 9.47 Å². The van der Waals surface area contributed by atoms with Gasteiger partial charge in [-0.1, -0.05) is 6.92 Å². The molecule has 0 radical (unpaired) electrons. The molecule has 56 valence electrons. The van der Waals surface area contributed by atoms with Crippen molar-refractivity contribution < 1.29 is 28.3 Å². The monoisotopic (exact) mass is 138 g/mol. The molecule has 1 unspecified atom stereocenters. The van der Waals surface area contributed by atoms with E-state index in [0.29, 0.717) is 6.61 Å². The van der Waals surface area contributed by atoms with Gasteiger partial charge in [-0.3, -0.25) is 0 Å². The maximum atomic E-state index is 5.09. The van der Waals surface area contributed by atoms with Crippen LogP contribution in [-0.4, -0.2) is 12.9 Å². The molecule has 0 aromatic rings. The van der Waals surface area contributed by atoms with E-state index in [1.54, 1.807) is 6.61 Å². The van der Waals surface area contributed by atoms with Gasteiger partial charge in [0.25, 0.3) is 0 Å². The van der Waals surface area contributed by atoms with Crippen molar-refractivity contribution in [2.45, 2.75) is 33.5 Å². The topological polar surface area (TPSA) is 18.5 Å². The normalized spacial score (nSPS) is 12.3. The van der Waals surface area contributed by atoms with E-state index < -0.39 is 0 Å². The standard InChI is InChI=1S/C7H15O2.Li/c1-4-6-9-7(3)8-5-2;/h6-7H,4-5H2,1-3H3;/q-1;+1. The molecule has 0 aliphatic rings. The predicted molar refractivity (Wildman–Crippen MR) is 36.8 cm³/mol. The van der Waals surface area contributed by atoms with Crippen LogP contribution in [0.25, 0.3) is 0 Å². The first-order valence-corrected chi connectivity index (χ1v) is 3.40. The first-order chi connectivity index (χ1) is 4.31. The van der Waals surface area contributed by atoms with Crippen LogP contribution in [0.4, 0.5) is 0 Å². The van der Waals surface area contributed by atoms with Crippen molar-refractivity contribution >= 4 is 0 Å². The SMILES string of the molecule is CC[CH-]OC(C)OCC.[Li+]. The molecule has 0 aliphatic carbocycles. The molecule has 3 heteroatoms. The summed E-state index contributed by atoms with van der Waals surface area (Å²) in [4.78, 5) is 0. The molecule has 0 saturated carbocycles. The van der Waals surface area contributed by atoms with Crippen LogP contribution >= 0.6 is 0 Å². The average Bonchev–Trinajstić information content (AvgIpc) is 1.85. The van der Waals surface area contributed by atoms with E-state index >= 15 is 0 Å². The van der Waals surface area contributed by atoms with Crippen molar-refractivity contribution in [1.82, 2.24) is 0 Å². The Morgan fingerprint density at radius 2 is 2.00 bits per heavy atom. The summed E-state index contributed by atoms with van der Waals surface area (Å²) in [6, 6.07) is 0. The van der Waals surface area contributed by atoms with E-state index in [0.717, 1.165) is 6.42 Å². The molecule has 0 aliphatic heterocycles. The molecule has 0 fully saturated rings. The van der Waals surface area contributed by atoms with Crippen LogP contribution in [0.1, 0.15) is 27.2 Å². The van der Waals surface area contributed by atoms with Crippen molar-refractivity contribution in [3.8, 4) is 0 Å². The van der Waals surface area contributed by atoms with Crippen molar-refractivity contribution in [3.05, 3.63) is 6.61 Å². The maximum absolute atomic E-state index is 5.09. The summed E-state index contributed by atoms with van der Waals surface area (Å²) in [5, 5.41) is 0. The van der Waals surface area contributed by atoms with Crippen molar-refractivity contribution in [2.75, 3.05) is 6.61 Å². The van der Waals surface area contributed by atoms with Gasteiger partial charge in [0.2, 0.25) is 0 Å². The summed E-state index contributed by atoms with van der Waals surface area (Å²) in [5.41, 5.74) is 0. The molecule has 1 atom stereocenters. The Morgan fingerprint density at radius 1 is 1.40 bits per heavy atom. The maximum Gasteiger partial charge on any atom is 1.00 e. The molecule has 0 bridgehead atoms. The Labute approximate surface area is 75.5 Å². The second-order valence-electron chi connectivity index (χ2n) is 1.73. The fourth-order valence-corrected chi connectivity index (χ4v) is 0.506. The number of rotatable bonds is 5. The van der Waals surface area contributed by atoms with E-state index in [2.05, 4.69) is 0 Å². The molecular formula is C7H15LiO2. The summed E-state index contributed by atoms with van der Waals surface area (Å²) in [5.74, 6) is 0. The number of hydrogen-bond donors (Lipinski definition) is 0. The minimum Gasteiger partial charge on any atom is -0.530 e. The van der Waals surface area contributed by atoms with Crippen molar-refractivity contribution in [1.29, 1.82) is 0 Å². The zero-order valence-corrected chi connectivity index (χ0v) is 7.39. The Kier molecular flexibility index (Phi) is 12.5. The van der Waals surface area contributed by atoms with Gasteiger partial charge in [0.05, 0.1) is 0 Å². The van der Waals surface area contributed by atoms with Crippen LogP contribution in [0.2, 0.25) is 0 Å². The second kappa shape index (κ2) is 9.52. The summed E-state index contributed by atoms with van der Waals surface area (Å²) in [6.07, 6.45) is 0.840. The molecule has 2 nitrogen and oxygen atoms in total. The molecule has 0 aromatic carbocycles. The van der Waals surface area contributed by atoms with Crippen LogP contribution in [0, 0.1) is 6.61 Å². The van der Waals surface area contributed by atoms with Gasteiger partial charge >= 0.3 is 18.9 Å². The molecule has 0 rings (SSSR count). The van der Waals surface area contributed by atoms with Crippen LogP contribution in [0.5, 0.6) is 0 Å². The molecule has 0 amide bonds. The quantitative estimate of drug-likeness (QED) is 0.274. The third-order valence-corrected chi connectivity index (χ3v) is 0.856. The fraction of sp³-hybridized carbons (Fsp3) is 0.857. The van der Waals surface area contributed by atoms with Crippen LogP contribution in [0.15, 0.2) is 0 Å². The molecule has 0 saturated heterocycles. The summed E-state index contributed by atoms with van der Waals surface area (Å²) in [7, 11) is 0. The smallest absolute Gasteiger partial charge is 0.530 e. The molecule has 0 N–H and O–H groups in total. The summed E-state index contributed by atoms with van der Waals surface area (Å²) >= 11 is 0. The largest absolute Gasteiger partial charge is 1.00 e. The van der Waals surface area contributed by atoms with Gasteiger partial charge in [-0.15, -0.1) is 0 Å². The molecule has 0 spiro atoms. The van der Waals surface area contributed by atoms with Gasteiger partial charge < -0.3 is 9.47 Å². The van der Waals surface area contributed by atoms with Crippen LogP contribution in [0.3, 0.4) is 0 Å². The zero-order chi connectivity index (χ0) is 7.11. The van der Waals surface area contributed by atoms with Gasteiger partial charge in [0.1, 0.15) is 6.29 Å². The van der Waals surface area contributed by atoms with E-state index in [1.165, 1.54) is 0 Å². The second-order valence-corrected chi connectivity index (χ2v) is 1.73. The first kappa shape index (κ1) is 13.1. The van der Waals surface area contributed by atoms with Gasteiger partial charge in [-0.25, -0.2) is 6.61 Å². The van der Waals surface area contributed by atoms with E-state index in [1.807, 2.05) is 20.8 Å². The molecule has 10 heavy (non-hydrogen) atoms. The third kappa shape index (κ3) is 8.52. The predicted octanol–water partition coefficient (Wildman–Crippen LogP) is -1.04. The Bertz CT molecular complexity index is 59.6.